The van der Waals surface area contributed by atoms with Crippen molar-refractivity contribution in [3.05, 3.63) is 30.3 Å². The van der Waals surface area contributed by atoms with Gasteiger partial charge in [0, 0.05) is 12.6 Å². The topological polar surface area (TPSA) is 46.6 Å². The average molecular weight is 277 g/mol. The van der Waals surface area contributed by atoms with Crippen LogP contribution in [-0.4, -0.2) is 24.5 Å². The molecule has 0 heterocycles. The second-order valence-electron chi connectivity index (χ2n) is 4.67. The Balaban J connectivity index is 2.87. The van der Waals surface area contributed by atoms with Crippen LogP contribution in [-0.2, 0) is 14.3 Å². The number of unbranched alkanes of at least 4 members (excludes halogenated alkanes) is 1. The van der Waals surface area contributed by atoms with Crippen molar-refractivity contribution in [1.29, 1.82) is 0 Å². The molecule has 0 bridgehead atoms. The van der Waals surface area contributed by atoms with Crippen LogP contribution in [0.1, 0.15) is 40.0 Å². The number of benzene rings is 1. The van der Waals surface area contributed by atoms with Crippen molar-refractivity contribution < 1.29 is 14.3 Å². The summed E-state index contributed by atoms with van der Waals surface area (Å²) in [5.74, 6) is -0.490. The third-order valence-electron chi connectivity index (χ3n) is 3.09. The zero-order valence-corrected chi connectivity index (χ0v) is 12.5. The molecule has 1 aromatic carbocycles. The summed E-state index contributed by atoms with van der Waals surface area (Å²) in [6, 6.07) is 8.65. The summed E-state index contributed by atoms with van der Waals surface area (Å²) in [6.07, 6.45) is 2.34. The normalized spacial score (nSPS) is 11.8. The van der Waals surface area contributed by atoms with Gasteiger partial charge in [-0.15, -0.1) is 0 Å². The van der Waals surface area contributed by atoms with Gasteiger partial charge in [-0.3, -0.25) is 9.69 Å². The van der Waals surface area contributed by atoms with Crippen LogP contribution in [0.4, 0.5) is 5.69 Å². The van der Waals surface area contributed by atoms with Gasteiger partial charge in [-0.05, 0) is 25.0 Å². The smallest absolute Gasteiger partial charge is 0.329 e. The number of hydrogen-bond donors (Lipinski definition) is 0. The lowest BCUT2D eigenvalue weighted by molar-refractivity contribution is -0.146. The lowest BCUT2D eigenvalue weighted by Gasteiger charge is -2.28. The van der Waals surface area contributed by atoms with Gasteiger partial charge in [0.15, 0.2) is 0 Å². The van der Waals surface area contributed by atoms with E-state index in [-0.39, 0.29) is 11.9 Å². The number of nitrogens with zero attached hydrogens (tertiary/aromatic N) is 1. The molecule has 0 aliphatic heterocycles. The number of hydrogen-bond acceptors (Lipinski definition) is 3. The van der Waals surface area contributed by atoms with Gasteiger partial charge in [0.1, 0.15) is 6.04 Å². The minimum Gasteiger partial charge on any atom is -0.464 e. The zero-order valence-electron chi connectivity index (χ0n) is 12.5. The minimum absolute atomic E-state index is 0.157. The third kappa shape index (κ3) is 4.37. The highest BCUT2D eigenvalue weighted by Crippen LogP contribution is 2.19. The highest BCUT2D eigenvalue weighted by atomic mass is 16.5. The second kappa shape index (κ2) is 8.35. The highest BCUT2D eigenvalue weighted by Gasteiger charge is 2.28. The number of rotatable bonds is 7. The molecule has 0 aromatic heterocycles. The third-order valence-corrected chi connectivity index (χ3v) is 3.09. The molecule has 0 N–H and O–H groups in total. The van der Waals surface area contributed by atoms with Crippen molar-refractivity contribution in [3.8, 4) is 0 Å². The summed E-state index contributed by atoms with van der Waals surface area (Å²) >= 11 is 0. The Kier molecular flexibility index (Phi) is 6.77. The Hall–Kier alpha value is -1.84. The molecule has 1 unspecified atom stereocenters. The van der Waals surface area contributed by atoms with Crippen LogP contribution in [0.15, 0.2) is 30.3 Å². The molecule has 4 nitrogen and oxygen atoms in total. The second-order valence-corrected chi connectivity index (χ2v) is 4.67. The molecular formula is C16H23NO3. The molecule has 0 fully saturated rings. The first kappa shape index (κ1) is 16.2. The Morgan fingerprint density at radius 2 is 1.85 bits per heavy atom. The molecular weight excluding hydrogens is 254 g/mol. The number of carbonyl (C=O) groups excluding carboxylic acids is 2. The van der Waals surface area contributed by atoms with Gasteiger partial charge in [0.05, 0.1) is 6.61 Å². The van der Waals surface area contributed by atoms with E-state index in [1.807, 2.05) is 44.2 Å². The minimum atomic E-state index is -0.563. The molecule has 1 amide bonds. The van der Waals surface area contributed by atoms with E-state index in [2.05, 4.69) is 0 Å². The van der Waals surface area contributed by atoms with Gasteiger partial charge in [0.25, 0.3) is 0 Å². The van der Waals surface area contributed by atoms with E-state index in [1.54, 1.807) is 0 Å². The molecule has 20 heavy (non-hydrogen) atoms. The summed E-state index contributed by atoms with van der Waals surface area (Å²) < 4.78 is 5.26. The Labute approximate surface area is 120 Å². The van der Waals surface area contributed by atoms with E-state index in [9.17, 15) is 9.59 Å². The van der Waals surface area contributed by atoms with Crippen molar-refractivity contribution in [2.75, 3.05) is 11.5 Å². The quantitative estimate of drug-likeness (QED) is 0.568. The summed E-state index contributed by atoms with van der Waals surface area (Å²) in [6.45, 7) is 5.79. The van der Waals surface area contributed by atoms with Crippen LogP contribution in [0.3, 0.4) is 0 Å². The Bertz CT molecular complexity index is 431. The van der Waals surface area contributed by atoms with Gasteiger partial charge in [-0.2, -0.15) is 0 Å². The van der Waals surface area contributed by atoms with Crippen LogP contribution in [0, 0.1) is 0 Å². The molecule has 0 saturated heterocycles. The fourth-order valence-electron chi connectivity index (χ4n) is 2.04. The Morgan fingerprint density at radius 1 is 1.20 bits per heavy atom. The van der Waals surface area contributed by atoms with E-state index in [0.717, 1.165) is 18.5 Å². The summed E-state index contributed by atoms with van der Waals surface area (Å²) in [5, 5.41) is 0. The van der Waals surface area contributed by atoms with Crippen LogP contribution >= 0.6 is 0 Å². The van der Waals surface area contributed by atoms with Gasteiger partial charge >= 0.3 is 5.97 Å². The van der Waals surface area contributed by atoms with Crippen LogP contribution in [0.25, 0.3) is 0 Å². The first-order valence-electron chi connectivity index (χ1n) is 7.13. The fraction of sp³-hybridized carbons (Fsp3) is 0.500. The maximum absolute atomic E-state index is 12.2. The van der Waals surface area contributed by atoms with Crippen molar-refractivity contribution in [2.24, 2.45) is 0 Å². The van der Waals surface area contributed by atoms with E-state index in [4.69, 9.17) is 4.74 Å². The predicted octanol–water partition coefficient (Wildman–Crippen LogP) is 3.16. The molecule has 0 radical (unpaired) electrons. The maximum atomic E-state index is 12.2. The van der Waals surface area contributed by atoms with Crippen LogP contribution < -0.4 is 4.90 Å². The van der Waals surface area contributed by atoms with Crippen molar-refractivity contribution in [1.82, 2.24) is 0 Å². The Morgan fingerprint density at radius 3 is 2.35 bits per heavy atom. The first-order chi connectivity index (χ1) is 9.61. The fourth-order valence-corrected chi connectivity index (χ4v) is 2.04. The maximum Gasteiger partial charge on any atom is 0.329 e. The SMILES string of the molecule is CCCCOC(=O)C(CC)N(C(C)=O)c1ccccc1. The number of carbonyl (C=O) groups is 2. The number of anilines is 1. The van der Waals surface area contributed by atoms with Crippen LogP contribution in [0.2, 0.25) is 0 Å². The molecule has 0 aliphatic carbocycles. The van der Waals surface area contributed by atoms with Crippen molar-refractivity contribution in [3.63, 3.8) is 0 Å². The molecule has 1 rings (SSSR count). The molecule has 0 saturated carbocycles. The van der Waals surface area contributed by atoms with E-state index in [1.165, 1.54) is 11.8 Å². The number of para-hydroxylation sites is 1. The highest BCUT2D eigenvalue weighted by molar-refractivity contribution is 5.98. The monoisotopic (exact) mass is 277 g/mol. The number of ether oxygens (including phenoxy) is 1. The van der Waals surface area contributed by atoms with Crippen molar-refractivity contribution >= 4 is 17.6 Å². The summed E-state index contributed by atoms with van der Waals surface area (Å²) in [5.41, 5.74) is 0.722. The molecule has 4 heteroatoms. The van der Waals surface area contributed by atoms with Gasteiger partial charge < -0.3 is 4.74 Å². The lowest BCUT2D eigenvalue weighted by Crippen LogP contribution is -2.45. The van der Waals surface area contributed by atoms with E-state index >= 15 is 0 Å². The number of amides is 1. The molecule has 110 valence electrons. The lowest BCUT2D eigenvalue weighted by atomic mass is 10.1. The molecule has 1 atom stereocenters. The van der Waals surface area contributed by atoms with E-state index < -0.39 is 6.04 Å². The largest absolute Gasteiger partial charge is 0.464 e. The zero-order chi connectivity index (χ0) is 15.0. The van der Waals surface area contributed by atoms with Gasteiger partial charge in [-0.1, -0.05) is 38.5 Å². The first-order valence-corrected chi connectivity index (χ1v) is 7.13. The molecule has 1 aromatic rings. The summed E-state index contributed by atoms with van der Waals surface area (Å²) in [4.78, 5) is 25.6. The van der Waals surface area contributed by atoms with Gasteiger partial charge in [0.2, 0.25) is 5.91 Å². The molecule has 0 aliphatic rings. The average Bonchev–Trinajstić information content (AvgIpc) is 2.45. The van der Waals surface area contributed by atoms with Crippen LogP contribution in [0.5, 0.6) is 0 Å². The molecule has 0 spiro atoms. The predicted molar refractivity (Wildman–Crippen MR) is 79.5 cm³/mol. The van der Waals surface area contributed by atoms with E-state index in [0.29, 0.717) is 13.0 Å². The standard InChI is InChI=1S/C16H23NO3/c1-4-6-12-20-16(19)15(5-2)17(13(3)18)14-10-8-7-9-11-14/h7-11,15H,4-6,12H2,1-3H3. The summed E-state index contributed by atoms with van der Waals surface area (Å²) in [7, 11) is 0. The number of esters is 1. The van der Waals surface area contributed by atoms with Gasteiger partial charge in [-0.25, -0.2) is 4.79 Å². The van der Waals surface area contributed by atoms with Crippen molar-refractivity contribution in [2.45, 2.75) is 46.1 Å².